The summed E-state index contributed by atoms with van der Waals surface area (Å²) in [5.74, 6) is 2.59. The molecule has 0 aromatic heterocycles. The SMILES string of the molecule is C(/C=C/C1SCCS1)=C\c1ccccc1. The normalized spacial score (nSPS) is 18.1. The third-order valence-corrected chi connectivity index (χ3v) is 5.04. The van der Waals surface area contributed by atoms with Gasteiger partial charge in [-0.3, -0.25) is 0 Å². The summed E-state index contributed by atoms with van der Waals surface area (Å²) in [7, 11) is 0. The van der Waals surface area contributed by atoms with E-state index in [0.717, 1.165) is 0 Å². The van der Waals surface area contributed by atoms with Crippen LogP contribution in [0.5, 0.6) is 0 Å². The van der Waals surface area contributed by atoms with Gasteiger partial charge >= 0.3 is 0 Å². The maximum absolute atomic E-state index is 2.28. The van der Waals surface area contributed by atoms with E-state index in [0.29, 0.717) is 4.58 Å². The summed E-state index contributed by atoms with van der Waals surface area (Å²) < 4.78 is 0.672. The molecule has 0 atom stereocenters. The van der Waals surface area contributed by atoms with Crippen molar-refractivity contribution in [3.8, 4) is 0 Å². The Morgan fingerprint density at radius 1 is 1.00 bits per heavy atom. The molecule has 0 nitrogen and oxygen atoms in total. The fourth-order valence-electron chi connectivity index (χ4n) is 1.37. The van der Waals surface area contributed by atoms with Gasteiger partial charge in [-0.15, -0.1) is 23.5 Å². The molecule has 0 bridgehead atoms. The Balaban J connectivity index is 1.84. The summed E-state index contributed by atoms with van der Waals surface area (Å²) in [5.41, 5.74) is 1.26. The van der Waals surface area contributed by atoms with Gasteiger partial charge in [-0.25, -0.2) is 0 Å². The third kappa shape index (κ3) is 3.80. The highest BCUT2D eigenvalue weighted by Gasteiger charge is 2.11. The Labute approximate surface area is 99.8 Å². The van der Waals surface area contributed by atoms with E-state index in [2.05, 4.69) is 48.6 Å². The lowest BCUT2D eigenvalue weighted by Crippen LogP contribution is -1.81. The van der Waals surface area contributed by atoms with E-state index in [1.54, 1.807) is 0 Å². The minimum Gasteiger partial charge on any atom is -0.143 e. The maximum Gasteiger partial charge on any atom is 0.0685 e. The van der Waals surface area contributed by atoms with Crippen molar-refractivity contribution in [2.24, 2.45) is 0 Å². The van der Waals surface area contributed by atoms with Gasteiger partial charge in [-0.1, -0.05) is 54.6 Å². The first-order valence-corrected chi connectivity index (χ1v) is 7.18. The molecule has 1 aromatic rings. The van der Waals surface area contributed by atoms with E-state index in [1.807, 2.05) is 29.6 Å². The van der Waals surface area contributed by atoms with Gasteiger partial charge in [0, 0.05) is 11.5 Å². The standard InChI is InChI=1S/C13H14S2/c1-2-6-12(7-3-1)8-4-5-9-13-14-10-11-15-13/h1-9,13H,10-11H2/b8-4+,9-5+. The highest BCUT2D eigenvalue weighted by molar-refractivity contribution is 8.20. The molecular formula is C13H14S2. The Bertz CT molecular complexity index is 335. The quantitative estimate of drug-likeness (QED) is 0.723. The highest BCUT2D eigenvalue weighted by Crippen LogP contribution is 2.32. The number of benzene rings is 1. The Hall–Kier alpha value is -0.600. The molecule has 2 rings (SSSR count). The van der Waals surface area contributed by atoms with E-state index >= 15 is 0 Å². The molecule has 78 valence electrons. The van der Waals surface area contributed by atoms with Crippen LogP contribution in [0.15, 0.2) is 48.6 Å². The molecule has 0 saturated carbocycles. The molecule has 1 aromatic carbocycles. The van der Waals surface area contributed by atoms with Crippen molar-refractivity contribution < 1.29 is 0 Å². The number of hydrogen-bond donors (Lipinski definition) is 0. The van der Waals surface area contributed by atoms with Crippen LogP contribution in [0.1, 0.15) is 5.56 Å². The molecular weight excluding hydrogens is 220 g/mol. The molecule has 1 aliphatic heterocycles. The molecule has 1 saturated heterocycles. The first-order chi connectivity index (χ1) is 7.45. The summed E-state index contributed by atoms with van der Waals surface area (Å²) in [6.45, 7) is 0. The van der Waals surface area contributed by atoms with Crippen LogP contribution in [0, 0.1) is 0 Å². The molecule has 0 aliphatic carbocycles. The Kier molecular flexibility index (Phi) is 4.42. The molecule has 1 aliphatic rings. The van der Waals surface area contributed by atoms with E-state index in [-0.39, 0.29) is 0 Å². The van der Waals surface area contributed by atoms with Gasteiger partial charge < -0.3 is 0 Å². The van der Waals surface area contributed by atoms with Gasteiger partial charge in [0.05, 0.1) is 4.58 Å². The number of thioether (sulfide) groups is 2. The maximum atomic E-state index is 2.28. The predicted octanol–water partition coefficient (Wildman–Crippen LogP) is 4.06. The molecule has 0 unspecified atom stereocenters. The molecule has 0 spiro atoms. The second-order valence-corrected chi connectivity index (χ2v) is 6.06. The number of allylic oxidation sites excluding steroid dienone is 2. The zero-order chi connectivity index (χ0) is 10.3. The summed E-state index contributed by atoms with van der Waals surface area (Å²) in [6.07, 6.45) is 8.69. The monoisotopic (exact) mass is 234 g/mol. The predicted molar refractivity (Wildman–Crippen MR) is 73.3 cm³/mol. The van der Waals surface area contributed by atoms with Crippen molar-refractivity contribution in [2.45, 2.75) is 4.58 Å². The lowest BCUT2D eigenvalue weighted by molar-refractivity contribution is 1.59. The average molecular weight is 234 g/mol. The van der Waals surface area contributed by atoms with Crippen molar-refractivity contribution >= 4 is 29.6 Å². The Morgan fingerprint density at radius 3 is 2.47 bits per heavy atom. The summed E-state index contributed by atoms with van der Waals surface area (Å²) in [5, 5.41) is 0. The first-order valence-electron chi connectivity index (χ1n) is 5.08. The Morgan fingerprint density at radius 2 is 1.73 bits per heavy atom. The number of hydrogen-bond acceptors (Lipinski definition) is 2. The van der Waals surface area contributed by atoms with Gasteiger partial charge in [0.15, 0.2) is 0 Å². The summed E-state index contributed by atoms with van der Waals surface area (Å²) in [6, 6.07) is 10.4. The smallest absolute Gasteiger partial charge is 0.0685 e. The van der Waals surface area contributed by atoms with Crippen LogP contribution >= 0.6 is 23.5 Å². The minimum atomic E-state index is 0.672. The molecule has 1 heterocycles. The van der Waals surface area contributed by atoms with E-state index in [9.17, 15) is 0 Å². The molecule has 0 radical (unpaired) electrons. The topological polar surface area (TPSA) is 0 Å². The van der Waals surface area contributed by atoms with Crippen molar-refractivity contribution in [1.29, 1.82) is 0 Å². The lowest BCUT2D eigenvalue weighted by Gasteiger charge is -1.96. The summed E-state index contributed by atoms with van der Waals surface area (Å²) >= 11 is 4.06. The second-order valence-electron chi connectivity index (χ2n) is 3.26. The molecule has 0 N–H and O–H groups in total. The van der Waals surface area contributed by atoms with Crippen LogP contribution in [0.3, 0.4) is 0 Å². The van der Waals surface area contributed by atoms with E-state index < -0.39 is 0 Å². The van der Waals surface area contributed by atoms with Crippen LogP contribution in [0.25, 0.3) is 6.08 Å². The van der Waals surface area contributed by atoms with Crippen LogP contribution < -0.4 is 0 Å². The van der Waals surface area contributed by atoms with Crippen molar-refractivity contribution in [1.82, 2.24) is 0 Å². The highest BCUT2D eigenvalue weighted by atomic mass is 32.2. The molecule has 1 fully saturated rings. The van der Waals surface area contributed by atoms with Gasteiger partial charge in [-0.05, 0) is 5.56 Å². The van der Waals surface area contributed by atoms with Gasteiger partial charge in [0.2, 0.25) is 0 Å². The summed E-state index contributed by atoms with van der Waals surface area (Å²) in [4.78, 5) is 0. The van der Waals surface area contributed by atoms with Crippen molar-refractivity contribution in [3.63, 3.8) is 0 Å². The molecule has 15 heavy (non-hydrogen) atoms. The van der Waals surface area contributed by atoms with Crippen LogP contribution in [0.2, 0.25) is 0 Å². The average Bonchev–Trinajstić information content (AvgIpc) is 2.79. The zero-order valence-electron chi connectivity index (χ0n) is 8.50. The molecule has 2 heteroatoms. The van der Waals surface area contributed by atoms with Gasteiger partial charge in [-0.2, -0.15) is 0 Å². The third-order valence-electron chi connectivity index (χ3n) is 2.12. The largest absolute Gasteiger partial charge is 0.143 e. The number of rotatable bonds is 3. The first kappa shape index (κ1) is 10.9. The lowest BCUT2D eigenvalue weighted by atomic mass is 10.2. The van der Waals surface area contributed by atoms with Crippen LogP contribution in [-0.2, 0) is 0 Å². The van der Waals surface area contributed by atoms with Crippen LogP contribution in [0.4, 0.5) is 0 Å². The fraction of sp³-hybridized carbons (Fsp3) is 0.231. The molecule has 0 amide bonds. The van der Waals surface area contributed by atoms with Crippen LogP contribution in [-0.4, -0.2) is 16.1 Å². The van der Waals surface area contributed by atoms with Crippen molar-refractivity contribution in [3.05, 3.63) is 54.1 Å². The van der Waals surface area contributed by atoms with Crippen molar-refractivity contribution in [2.75, 3.05) is 11.5 Å². The fourth-order valence-corrected chi connectivity index (χ4v) is 3.97. The second kappa shape index (κ2) is 6.09. The van der Waals surface area contributed by atoms with E-state index in [1.165, 1.54) is 17.1 Å². The van der Waals surface area contributed by atoms with Gasteiger partial charge in [0.25, 0.3) is 0 Å². The van der Waals surface area contributed by atoms with E-state index in [4.69, 9.17) is 0 Å². The zero-order valence-corrected chi connectivity index (χ0v) is 10.1. The minimum absolute atomic E-state index is 0.672. The van der Waals surface area contributed by atoms with Gasteiger partial charge in [0.1, 0.15) is 0 Å².